The fourth-order valence-electron chi connectivity index (χ4n) is 1.18. The molecule has 3 heteroatoms. The molecule has 0 atom stereocenters. The van der Waals surface area contributed by atoms with Crippen LogP contribution < -0.4 is 5.73 Å². The SMILES string of the molecule is CCC(CC)c1cnc(N)o1. The average molecular weight is 154 g/mol. The maximum absolute atomic E-state index is 5.35. The van der Waals surface area contributed by atoms with Crippen molar-refractivity contribution >= 4 is 6.01 Å². The molecule has 0 bridgehead atoms. The Balaban J connectivity index is 2.73. The topological polar surface area (TPSA) is 52.0 Å². The van der Waals surface area contributed by atoms with Crippen molar-refractivity contribution in [2.24, 2.45) is 0 Å². The van der Waals surface area contributed by atoms with Crippen molar-refractivity contribution in [1.82, 2.24) is 4.98 Å². The molecule has 0 radical (unpaired) electrons. The van der Waals surface area contributed by atoms with Crippen LogP contribution in [-0.2, 0) is 0 Å². The normalized spacial score (nSPS) is 10.8. The van der Waals surface area contributed by atoms with E-state index in [-0.39, 0.29) is 6.01 Å². The fourth-order valence-corrected chi connectivity index (χ4v) is 1.18. The van der Waals surface area contributed by atoms with Gasteiger partial charge >= 0.3 is 0 Å². The highest BCUT2D eigenvalue weighted by Crippen LogP contribution is 2.23. The molecule has 1 rings (SSSR count). The van der Waals surface area contributed by atoms with Crippen molar-refractivity contribution in [1.29, 1.82) is 0 Å². The Morgan fingerprint density at radius 2 is 2.18 bits per heavy atom. The molecule has 1 aromatic heterocycles. The minimum Gasteiger partial charge on any atom is -0.429 e. The van der Waals surface area contributed by atoms with Crippen molar-refractivity contribution < 1.29 is 4.42 Å². The van der Waals surface area contributed by atoms with E-state index in [0.29, 0.717) is 5.92 Å². The van der Waals surface area contributed by atoms with Gasteiger partial charge in [0.15, 0.2) is 0 Å². The number of aromatic nitrogens is 1. The van der Waals surface area contributed by atoms with Gasteiger partial charge in [0.05, 0.1) is 6.20 Å². The van der Waals surface area contributed by atoms with Crippen LogP contribution in [0.3, 0.4) is 0 Å². The third kappa shape index (κ3) is 1.73. The minimum atomic E-state index is 0.270. The third-order valence-electron chi connectivity index (χ3n) is 1.93. The summed E-state index contributed by atoms with van der Waals surface area (Å²) in [6.45, 7) is 4.26. The number of hydrogen-bond acceptors (Lipinski definition) is 3. The van der Waals surface area contributed by atoms with Crippen molar-refractivity contribution in [3.63, 3.8) is 0 Å². The zero-order chi connectivity index (χ0) is 8.27. The summed E-state index contributed by atoms with van der Waals surface area (Å²) < 4.78 is 5.19. The Labute approximate surface area is 66.6 Å². The van der Waals surface area contributed by atoms with Gasteiger partial charge in [-0.3, -0.25) is 0 Å². The zero-order valence-electron chi connectivity index (χ0n) is 7.00. The van der Waals surface area contributed by atoms with Crippen LogP contribution in [0.25, 0.3) is 0 Å². The average Bonchev–Trinajstić information content (AvgIpc) is 2.39. The Morgan fingerprint density at radius 3 is 2.55 bits per heavy atom. The van der Waals surface area contributed by atoms with Crippen LogP contribution in [-0.4, -0.2) is 4.98 Å². The number of hydrogen-bond donors (Lipinski definition) is 1. The summed E-state index contributed by atoms with van der Waals surface area (Å²) >= 11 is 0. The molecule has 3 nitrogen and oxygen atoms in total. The van der Waals surface area contributed by atoms with Gasteiger partial charge in [-0.2, -0.15) is 0 Å². The summed E-state index contributed by atoms with van der Waals surface area (Å²) in [5.41, 5.74) is 5.35. The highest BCUT2D eigenvalue weighted by atomic mass is 16.4. The van der Waals surface area contributed by atoms with Crippen molar-refractivity contribution in [3.05, 3.63) is 12.0 Å². The van der Waals surface area contributed by atoms with Crippen LogP contribution in [0.4, 0.5) is 6.01 Å². The molecule has 0 spiro atoms. The smallest absolute Gasteiger partial charge is 0.292 e. The van der Waals surface area contributed by atoms with Crippen LogP contribution in [0, 0.1) is 0 Å². The second kappa shape index (κ2) is 3.42. The molecular formula is C8H14N2O. The van der Waals surface area contributed by atoms with Crippen LogP contribution in [0.2, 0.25) is 0 Å². The van der Waals surface area contributed by atoms with E-state index in [2.05, 4.69) is 18.8 Å². The number of rotatable bonds is 3. The Kier molecular flexibility index (Phi) is 2.52. The lowest BCUT2D eigenvalue weighted by atomic mass is 10.0. The number of nitrogen functional groups attached to an aromatic ring is 1. The van der Waals surface area contributed by atoms with Crippen molar-refractivity contribution in [2.75, 3.05) is 5.73 Å². The van der Waals surface area contributed by atoms with E-state index in [1.165, 1.54) is 0 Å². The van der Waals surface area contributed by atoms with E-state index in [1.54, 1.807) is 6.20 Å². The summed E-state index contributed by atoms with van der Waals surface area (Å²) in [5.74, 6) is 1.38. The van der Waals surface area contributed by atoms with E-state index >= 15 is 0 Å². The lowest BCUT2D eigenvalue weighted by Crippen LogP contribution is -1.92. The first-order valence-corrected chi connectivity index (χ1v) is 3.99. The molecule has 0 unspecified atom stereocenters. The maximum atomic E-state index is 5.35. The summed E-state index contributed by atoms with van der Waals surface area (Å²) in [6, 6.07) is 0.270. The van der Waals surface area contributed by atoms with E-state index in [9.17, 15) is 0 Å². The predicted octanol–water partition coefficient (Wildman–Crippen LogP) is 2.16. The fraction of sp³-hybridized carbons (Fsp3) is 0.625. The summed E-state index contributed by atoms with van der Waals surface area (Å²) in [4.78, 5) is 3.84. The molecule has 0 fully saturated rings. The largest absolute Gasteiger partial charge is 0.429 e. The number of nitrogens with zero attached hydrogens (tertiary/aromatic N) is 1. The molecule has 1 heterocycles. The second-order valence-electron chi connectivity index (χ2n) is 2.61. The molecule has 62 valence electrons. The summed E-state index contributed by atoms with van der Waals surface area (Å²) in [6.07, 6.45) is 3.86. The maximum Gasteiger partial charge on any atom is 0.292 e. The van der Waals surface area contributed by atoms with Crippen molar-refractivity contribution in [2.45, 2.75) is 32.6 Å². The van der Waals surface area contributed by atoms with Gasteiger partial charge in [-0.1, -0.05) is 13.8 Å². The van der Waals surface area contributed by atoms with E-state index in [0.717, 1.165) is 18.6 Å². The highest BCUT2D eigenvalue weighted by molar-refractivity contribution is 5.13. The molecule has 0 aliphatic heterocycles. The van der Waals surface area contributed by atoms with E-state index < -0.39 is 0 Å². The molecule has 1 aromatic rings. The lowest BCUT2D eigenvalue weighted by molar-refractivity contribution is 0.457. The number of oxazole rings is 1. The first kappa shape index (κ1) is 8.11. The molecule has 0 aliphatic rings. The van der Waals surface area contributed by atoms with Gasteiger partial charge in [-0.25, -0.2) is 4.98 Å². The van der Waals surface area contributed by atoms with Crippen LogP contribution >= 0.6 is 0 Å². The van der Waals surface area contributed by atoms with Gasteiger partial charge in [0.25, 0.3) is 6.01 Å². The van der Waals surface area contributed by atoms with Gasteiger partial charge in [0, 0.05) is 5.92 Å². The minimum absolute atomic E-state index is 0.270. The first-order valence-electron chi connectivity index (χ1n) is 3.99. The first-order chi connectivity index (χ1) is 5.27. The zero-order valence-corrected chi connectivity index (χ0v) is 7.00. The second-order valence-corrected chi connectivity index (χ2v) is 2.61. The van der Waals surface area contributed by atoms with E-state index in [4.69, 9.17) is 10.2 Å². The van der Waals surface area contributed by atoms with Crippen molar-refractivity contribution in [3.8, 4) is 0 Å². The van der Waals surface area contributed by atoms with Crippen LogP contribution in [0.1, 0.15) is 38.4 Å². The number of nitrogens with two attached hydrogens (primary N) is 1. The summed E-state index contributed by atoms with van der Waals surface area (Å²) in [7, 11) is 0. The summed E-state index contributed by atoms with van der Waals surface area (Å²) in [5, 5.41) is 0. The Bertz CT molecular complexity index is 216. The molecule has 0 aromatic carbocycles. The quantitative estimate of drug-likeness (QED) is 0.725. The standard InChI is InChI=1S/C8H14N2O/c1-3-6(4-2)7-5-10-8(9)11-7/h5-6H,3-4H2,1-2H3,(H2,9,10). The Hall–Kier alpha value is -0.990. The van der Waals surface area contributed by atoms with Gasteiger partial charge in [-0.15, -0.1) is 0 Å². The number of anilines is 1. The highest BCUT2D eigenvalue weighted by Gasteiger charge is 2.10. The Morgan fingerprint density at radius 1 is 1.55 bits per heavy atom. The van der Waals surface area contributed by atoms with Gasteiger partial charge < -0.3 is 10.2 Å². The molecule has 0 aliphatic carbocycles. The molecule has 2 N–H and O–H groups in total. The molecule has 11 heavy (non-hydrogen) atoms. The van der Waals surface area contributed by atoms with Crippen LogP contribution in [0.5, 0.6) is 0 Å². The molecule has 0 saturated carbocycles. The van der Waals surface area contributed by atoms with Crippen LogP contribution in [0.15, 0.2) is 10.6 Å². The molecular weight excluding hydrogens is 140 g/mol. The predicted molar refractivity (Wildman–Crippen MR) is 44.2 cm³/mol. The monoisotopic (exact) mass is 154 g/mol. The lowest BCUT2D eigenvalue weighted by Gasteiger charge is -2.06. The molecule has 0 saturated heterocycles. The van der Waals surface area contributed by atoms with Gasteiger partial charge in [-0.05, 0) is 12.8 Å². The van der Waals surface area contributed by atoms with Gasteiger partial charge in [0.1, 0.15) is 5.76 Å². The van der Waals surface area contributed by atoms with E-state index in [1.807, 2.05) is 0 Å². The van der Waals surface area contributed by atoms with Gasteiger partial charge in [0.2, 0.25) is 0 Å². The third-order valence-corrected chi connectivity index (χ3v) is 1.93. The molecule has 0 amide bonds.